The van der Waals surface area contributed by atoms with Crippen LogP contribution in [0, 0.1) is 12.8 Å². The molecule has 0 radical (unpaired) electrons. The lowest BCUT2D eigenvalue weighted by Gasteiger charge is -2.32. The van der Waals surface area contributed by atoms with Gasteiger partial charge in [-0.15, -0.1) is 0 Å². The lowest BCUT2D eigenvalue weighted by Crippen LogP contribution is -2.28. The summed E-state index contributed by atoms with van der Waals surface area (Å²) in [6, 6.07) is 1.67. The van der Waals surface area contributed by atoms with Crippen LogP contribution in [-0.2, 0) is 6.54 Å². The number of aromatic nitrogens is 3. The lowest BCUT2D eigenvalue weighted by atomic mass is 9.78. The highest BCUT2D eigenvalue weighted by Gasteiger charge is 2.34. The maximum atomic E-state index is 12.8. The van der Waals surface area contributed by atoms with E-state index in [0.29, 0.717) is 23.6 Å². The van der Waals surface area contributed by atoms with Crippen LogP contribution >= 0.6 is 0 Å². The van der Waals surface area contributed by atoms with Crippen LogP contribution in [0.2, 0.25) is 0 Å². The maximum absolute atomic E-state index is 12.8. The molecule has 0 aliphatic heterocycles. The van der Waals surface area contributed by atoms with Crippen LogP contribution in [0.4, 0.5) is 13.2 Å². The molecule has 0 amide bonds. The van der Waals surface area contributed by atoms with E-state index < -0.39 is 12.7 Å². The van der Waals surface area contributed by atoms with Crippen LogP contribution in [0.3, 0.4) is 0 Å². The maximum Gasteiger partial charge on any atom is 0.408 e. The van der Waals surface area contributed by atoms with Gasteiger partial charge in [0.05, 0.1) is 18.4 Å². The van der Waals surface area contributed by atoms with E-state index in [4.69, 9.17) is 4.74 Å². The summed E-state index contributed by atoms with van der Waals surface area (Å²) in [6.07, 6.45) is 4.56. The number of carbonyl (C=O) groups is 1. The molecule has 1 aliphatic rings. The van der Waals surface area contributed by atoms with Crippen molar-refractivity contribution in [3.63, 3.8) is 0 Å². The normalized spacial score (nSPS) is 20.4. The Kier molecular flexibility index (Phi) is 5.82. The summed E-state index contributed by atoms with van der Waals surface area (Å²) in [5, 5.41) is 3.87. The minimum Gasteiger partial charge on any atom is -0.491 e. The second kappa shape index (κ2) is 8.10. The van der Waals surface area contributed by atoms with Gasteiger partial charge in [0, 0.05) is 29.9 Å². The van der Waals surface area contributed by atoms with Crippen molar-refractivity contribution in [3.8, 4) is 5.75 Å². The first-order chi connectivity index (χ1) is 12.9. The average Bonchev–Trinajstić information content (AvgIpc) is 3.06. The molecule has 2 atom stereocenters. The first-order valence-electron chi connectivity index (χ1n) is 9.00. The zero-order valence-corrected chi connectivity index (χ0v) is 15.1. The van der Waals surface area contributed by atoms with Gasteiger partial charge in [0.1, 0.15) is 12.3 Å². The van der Waals surface area contributed by atoms with Crippen LogP contribution in [0.25, 0.3) is 0 Å². The predicted octanol–water partition coefficient (Wildman–Crippen LogP) is 4.31. The van der Waals surface area contributed by atoms with Gasteiger partial charge < -0.3 is 4.74 Å². The number of alkyl halides is 3. The van der Waals surface area contributed by atoms with E-state index in [1.54, 1.807) is 19.2 Å². The summed E-state index contributed by atoms with van der Waals surface area (Å²) in [5.74, 6) is 0.418. The monoisotopic (exact) mass is 381 g/mol. The van der Waals surface area contributed by atoms with Crippen LogP contribution in [-0.4, -0.2) is 33.8 Å². The molecule has 0 N–H and O–H groups in total. The van der Waals surface area contributed by atoms with Crippen molar-refractivity contribution in [2.24, 2.45) is 5.92 Å². The molecule has 1 fully saturated rings. The number of hydrogen-bond acceptors (Lipinski definition) is 4. The second-order valence-corrected chi connectivity index (χ2v) is 6.98. The second-order valence-electron chi connectivity index (χ2n) is 6.98. The summed E-state index contributed by atoms with van der Waals surface area (Å²) >= 11 is 0. The Labute approximate surface area is 155 Å². The minimum atomic E-state index is -4.31. The van der Waals surface area contributed by atoms with Crippen LogP contribution in [0.5, 0.6) is 5.75 Å². The molecule has 2 aromatic heterocycles. The van der Waals surface area contributed by atoms with Gasteiger partial charge >= 0.3 is 6.18 Å². The van der Waals surface area contributed by atoms with E-state index in [9.17, 15) is 18.0 Å². The SMILES string of the molecule is Cc1cncc(OCC2CCCCC2c2ccnn2CC(F)(F)F)c1C=O. The summed E-state index contributed by atoms with van der Waals surface area (Å²) in [4.78, 5) is 15.4. The zero-order chi connectivity index (χ0) is 19.4. The smallest absolute Gasteiger partial charge is 0.408 e. The van der Waals surface area contributed by atoms with Crippen molar-refractivity contribution < 1.29 is 22.7 Å². The third kappa shape index (κ3) is 4.67. The number of aldehydes is 1. The van der Waals surface area contributed by atoms with Crippen molar-refractivity contribution in [1.82, 2.24) is 14.8 Å². The van der Waals surface area contributed by atoms with Crippen molar-refractivity contribution >= 4 is 6.29 Å². The Morgan fingerprint density at radius 3 is 2.81 bits per heavy atom. The minimum absolute atomic E-state index is 0.0546. The molecule has 0 saturated heterocycles. The number of hydrogen-bond donors (Lipinski definition) is 0. The first kappa shape index (κ1) is 19.4. The first-order valence-corrected chi connectivity index (χ1v) is 9.00. The summed E-state index contributed by atoms with van der Waals surface area (Å²) < 4.78 is 45.4. The Hall–Kier alpha value is -2.38. The number of ether oxygens (including phenoxy) is 1. The molecular weight excluding hydrogens is 359 g/mol. The van der Waals surface area contributed by atoms with Crippen molar-refractivity contribution in [3.05, 3.63) is 41.5 Å². The number of halogens is 3. The largest absolute Gasteiger partial charge is 0.491 e. The average molecular weight is 381 g/mol. The van der Waals surface area contributed by atoms with Crippen molar-refractivity contribution in [2.45, 2.75) is 51.2 Å². The molecule has 8 heteroatoms. The van der Waals surface area contributed by atoms with Gasteiger partial charge in [0.15, 0.2) is 6.29 Å². The van der Waals surface area contributed by atoms with E-state index in [2.05, 4.69) is 10.1 Å². The highest BCUT2D eigenvalue weighted by molar-refractivity contribution is 5.81. The van der Waals surface area contributed by atoms with E-state index in [0.717, 1.165) is 42.2 Å². The molecule has 2 heterocycles. The van der Waals surface area contributed by atoms with Gasteiger partial charge in [-0.05, 0) is 31.4 Å². The third-order valence-electron chi connectivity index (χ3n) is 5.09. The quantitative estimate of drug-likeness (QED) is 0.700. The highest BCUT2D eigenvalue weighted by atomic mass is 19.4. The Morgan fingerprint density at radius 1 is 1.30 bits per heavy atom. The fourth-order valence-corrected chi connectivity index (χ4v) is 3.77. The molecule has 1 saturated carbocycles. The fraction of sp³-hybridized carbons (Fsp3) is 0.526. The van der Waals surface area contributed by atoms with Crippen molar-refractivity contribution in [2.75, 3.05) is 6.61 Å². The Morgan fingerprint density at radius 2 is 2.07 bits per heavy atom. The summed E-state index contributed by atoms with van der Waals surface area (Å²) in [6.45, 7) is 1.02. The van der Waals surface area contributed by atoms with E-state index in [1.165, 1.54) is 12.4 Å². The number of carbonyl (C=O) groups excluding carboxylic acids is 1. The van der Waals surface area contributed by atoms with Gasteiger partial charge in [-0.3, -0.25) is 14.5 Å². The van der Waals surface area contributed by atoms with Crippen LogP contribution in [0.1, 0.15) is 53.2 Å². The number of aryl methyl sites for hydroxylation is 1. The Balaban J connectivity index is 1.76. The van der Waals surface area contributed by atoms with E-state index in [-0.39, 0.29) is 11.8 Å². The van der Waals surface area contributed by atoms with Gasteiger partial charge in [-0.2, -0.15) is 18.3 Å². The predicted molar refractivity (Wildman–Crippen MR) is 92.8 cm³/mol. The third-order valence-corrected chi connectivity index (χ3v) is 5.09. The zero-order valence-electron chi connectivity index (χ0n) is 15.1. The lowest BCUT2D eigenvalue weighted by molar-refractivity contribution is -0.143. The van der Waals surface area contributed by atoms with Gasteiger partial charge in [0.25, 0.3) is 0 Å². The molecule has 0 aromatic carbocycles. The van der Waals surface area contributed by atoms with Gasteiger partial charge in [-0.25, -0.2) is 0 Å². The molecule has 0 spiro atoms. The number of rotatable bonds is 6. The van der Waals surface area contributed by atoms with E-state index >= 15 is 0 Å². The molecule has 27 heavy (non-hydrogen) atoms. The summed E-state index contributed by atoms with van der Waals surface area (Å²) in [5.41, 5.74) is 1.78. The number of nitrogens with zero attached hydrogens (tertiary/aromatic N) is 3. The molecule has 146 valence electrons. The van der Waals surface area contributed by atoms with Gasteiger partial charge in [0.2, 0.25) is 0 Å². The molecule has 1 aliphatic carbocycles. The summed E-state index contributed by atoms with van der Waals surface area (Å²) in [7, 11) is 0. The van der Waals surface area contributed by atoms with Crippen LogP contribution < -0.4 is 4.74 Å². The number of pyridine rings is 1. The molecule has 5 nitrogen and oxygen atoms in total. The topological polar surface area (TPSA) is 57.0 Å². The Bertz CT molecular complexity index is 789. The van der Waals surface area contributed by atoms with E-state index in [1.807, 2.05) is 0 Å². The standard InChI is InChI=1S/C19H22F3N3O2/c1-13-8-23-9-18(16(13)10-26)27-11-14-4-2-3-5-15(14)17-6-7-24-25(17)12-19(20,21)22/h6-10,14-15H,2-5,11-12H2,1H3. The van der Waals surface area contributed by atoms with Crippen molar-refractivity contribution in [1.29, 1.82) is 0 Å². The molecule has 2 unspecified atom stereocenters. The molecule has 3 rings (SSSR count). The fourth-order valence-electron chi connectivity index (χ4n) is 3.77. The molecule has 0 bridgehead atoms. The van der Waals surface area contributed by atoms with Crippen LogP contribution in [0.15, 0.2) is 24.7 Å². The highest BCUT2D eigenvalue weighted by Crippen LogP contribution is 2.38. The van der Waals surface area contributed by atoms with Gasteiger partial charge in [-0.1, -0.05) is 12.8 Å². The molecule has 2 aromatic rings. The molecular formula is C19H22F3N3O2.